The first-order valence-electron chi connectivity index (χ1n) is 4.92. The van der Waals surface area contributed by atoms with Gasteiger partial charge in [0.1, 0.15) is 0 Å². The lowest BCUT2D eigenvalue weighted by atomic mass is 10.0. The Labute approximate surface area is 80.2 Å². The fraction of sp³-hybridized carbons (Fsp3) is 0.545. The number of aryl methyl sites for hydroxylation is 1. The van der Waals surface area contributed by atoms with Crippen LogP contribution >= 0.6 is 0 Å². The van der Waals surface area contributed by atoms with Crippen molar-refractivity contribution in [2.24, 2.45) is 5.73 Å². The fourth-order valence-electron chi connectivity index (χ4n) is 1.47. The van der Waals surface area contributed by atoms with Crippen LogP contribution in [0.5, 0.6) is 0 Å². The SMILES string of the molecule is CCCCC(N)c1cccnc1C. The zero-order valence-electron chi connectivity index (χ0n) is 8.46. The van der Waals surface area contributed by atoms with E-state index >= 15 is 0 Å². The normalized spacial score (nSPS) is 12.8. The van der Waals surface area contributed by atoms with Gasteiger partial charge in [-0.25, -0.2) is 0 Å². The molecule has 0 radical (unpaired) electrons. The molecule has 2 N–H and O–H groups in total. The maximum atomic E-state index is 6.04. The van der Waals surface area contributed by atoms with Crippen LogP contribution in [-0.4, -0.2) is 4.98 Å². The Morgan fingerprint density at radius 1 is 1.54 bits per heavy atom. The van der Waals surface area contributed by atoms with Crippen LogP contribution in [0.4, 0.5) is 0 Å². The zero-order chi connectivity index (χ0) is 9.68. The Hall–Kier alpha value is -0.890. The minimum atomic E-state index is 0.161. The van der Waals surface area contributed by atoms with Gasteiger partial charge in [0.15, 0.2) is 0 Å². The quantitative estimate of drug-likeness (QED) is 0.769. The molecule has 0 saturated heterocycles. The molecule has 0 aromatic carbocycles. The van der Waals surface area contributed by atoms with Crippen LogP contribution in [0.3, 0.4) is 0 Å². The summed E-state index contributed by atoms with van der Waals surface area (Å²) < 4.78 is 0. The van der Waals surface area contributed by atoms with Gasteiger partial charge in [0.25, 0.3) is 0 Å². The van der Waals surface area contributed by atoms with Crippen molar-refractivity contribution in [3.05, 3.63) is 29.6 Å². The van der Waals surface area contributed by atoms with Gasteiger partial charge in [-0.15, -0.1) is 0 Å². The van der Waals surface area contributed by atoms with Gasteiger partial charge in [-0.2, -0.15) is 0 Å². The van der Waals surface area contributed by atoms with E-state index in [2.05, 4.69) is 18.0 Å². The second-order valence-corrected chi connectivity index (χ2v) is 3.43. The Morgan fingerprint density at radius 2 is 2.31 bits per heavy atom. The molecule has 0 aliphatic carbocycles. The zero-order valence-corrected chi connectivity index (χ0v) is 8.46. The largest absolute Gasteiger partial charge is 0.324 e. The molecule has 1 aromatic heterocycles. The molecular weight excluding hydrogens is 160 g/mol. The molecule has 13 heavy (non-hydrogen) atoms. The fourth-order valence-corrected chi connectivity index (χ4v) is 1.47. The molecule has 1 unspecified atom stereocenters. The van der Waals surface area contributed by atoms with E-state index in [1.807, 2.05) is 19.2 Å². The number of unbranched alkanes of at least 4 members (excludes halogenated alkanes) is 1. The van der Waals surface area contributed by atoms with E-state index in [1.165, 1.54) is 18.4 Å². The summed E-state index contributed by atoms with van der Waals surface area (Å²) in [6, 6.07) is 4.19. The van der Waals surface area contributed by atoms with Crippen LogP contribution in [0.1, 0.15) is 43.5 Å². The minimum absolute atomic E-state index is 0.161. The van der Waals surface area contributed by atoms with Gasteiger partial charge < -0.3 is 5.73 Å². The number of rotatable bonds is 4. The highest BCUT2D eigenvalue weighted by Crippen LogP contribution is 2.18. The lowest BCUT2D eigenvalue weighted by molar-refractivity contribution is 0.598. The van der Waals surface area contributed by atoms with Crippen molar-refractivity contribution in [1.82, 2.24) is 4.98 Å². The van der Waals surface area contributed by atoms with Gasteiger partial charge in [-0.1, -0.05) is 25.8 Å². The molecule has 0 aliphatic heterocycles. The van der Waals surface area contributed by atoms with Crippen LogP contribution in [0.15, 0.2) is 18.3 Å². The lowest BCUT2D eigenvalue weighted by Crippen LogP contribution is -2.12. The van der Waals surface area contributed by atoms with E-state index in [4.69, 9.17) is 5.73 Å². The van der Waals surface area contributed by atoms with E-state index < -0.39 is 0 Å². The van der Waals surface area contributed by atoms with E-state index in [0.717, 1.165) is 12.1 Å². The van der Waals surface area contributed by atoms with Crippen molar-refractivity contribution in [2.75, 3.05) is 0 Å². The predicted octanol–water partition coefficient (Wildman–Crippen LogP) is 2.58. The first-order chi connectivity index (χ1) is 6.25. The van der Waals surface area contributed by atoms with Crippen LogP contribution in [0, 0.1) is 6.92 Å². The highest BCUT2D eigenvalue weighted by Gasteiger charge is 2.07. The first kappa shape index (κ1) is 10.2. The van der Waals surface area contributed by atoms with Crippen molar-refractivity contribution in [3.8, 4) is 0 Å². The molecule has 2 nitrogen and oxygen atoms in total. The number of hydrogen-bond acceptors (Lipinski definition) is 2. The van der Waals surface area contributed by atoms with E-state index in [1.54, 1.807) is 0 Å². The second kappa shape index (κ2) is 4.97. The highest BCUT2D eigenvalue weighted by molar-refractivity contribution is 5.21. The molecule has 2 heteroatoms. The summed E-state index contributed by atoms with van der Waals surface area (Å²) in [5, 5.41) is 0. The van der Waals surface area contributed by atoms with Gasteiger partial charge in [0, 0.05) is 17.9 Å². The van der Waals surface area contributed by atoms with Gasteiger partial charge in [-0.05, 0) is 25.0 Å². The first-order valence-corrected chi connectivity index (χ1v) is 4.92. The summed E-state index contributed by atoms with van der Waals surface area (Å²) >= 11 is 0. The van der Waals surface area contributed by atoms with Crippen molar-refractivity contribution < 1.29 is 0 Å². The maximum Gasteiger partial charge on any atom is 0.0420 e. The van der Waals surface area contributed by atoms with Crippen molar-refractivity contribution in [1.29, 1.82) is 0 Å². The molecule has 1 rings (SSSR count). The second-order valence-electron chi connectivity index (χ2n) is 3.43. The number of nitrogens with zero attached hydrogens (tertiary/aromatic N) is 1. The smallest absolute Gasteiger partial charge is 0.0420 e. The van der Waals surface area contributed by atoms with Crippen LogP contribution in [0.2, 0.25) is 0 Å². The number of nitrogens with two attached hydrogens (primary N) is 1. The monoisotopic (exact) mass is 178 g/mol. The van der Waals surface area contributed by atoms with Gasteiger partial charge in [0.2, 0.25) is 0 Å². The van der Waals surface area contributed by atoms with E-state index in [-0.39, 0.29) is 6.04 Å². The average molecular weight is 178 g/mol. The summed E-state index contributed by atoms with van der Waals surface area (Å²) in [6.07, 6.45) is 5.26. The van der Waals surface area contributed by atoms with E-state index in [0.29, 0.717) is 0 Å². The third-order valence-corrected chi connectivity index (χ3v) is 2.32. The molecule has 72 valence electrons. The molecule has 0 bridgehead atoms. The van der Waals surface area contributed by atoms with Gasteiger partial charge in [0.05, 0.1) is 0 Å². The Kier molecular flexibility index (Phi) is 3.90. The predicted molar refractivity (Wildman–Crippen MR) is 55.4 cm³/mol. The standard InChI is InChI=1S/C11H18N2/c1-3-4-7-11(12)10-6-5-8-13-9(10)2/h5-6,8,11H,3-4,7,12H2,1-2H3. The molecule has 0 fully saturated rings. The summed E-state index contributed by atoms with van der Waals surface area (Å²) in [5.74, 6) is 0. The van der Waals surface area contributed by atoms with Gasteiger partial charge >= 0.3 is 0 Å². The molecular formula is C11H18N2. The Bertz CT molecular complexity index is 258. The average Bonchev–Trinajstić information content (AvgIpc) is 2.15. The minimum Gasteiger partial charge on any atom is -0.324 e. The maximum absolute atomic E-state index is 6.04. The van der Waals surface area contributed by atoms with Crippen LogP contribution < -0.4 is 5.73 Å². The molecule has 0 spiro atoms. The summed E-state index contributed by atoms with van der Waals surface area (Å²) in [7, 11) is 0. The number of hydrogen-bond donors (Lipinski definition) is 1. The topological polar surface area (TPSA) is 38.9 Å². The van der Waals surface area contributed by atoms with Gasteiger partial charge in [-0.3, -0.25) is 4.98 Å². The lowest BCUT2D eigenvalue weighted by Gasteiger charge is -2.12. The molecule has 1 heterocycles. The Morgan fingerprint density at radius 3 is 2.92 bits per heavy atom. The highest BCUT2D eigenvalue weighted by atomic mass is 14.7. The third-order valence-electron chi connectivity index (χ3n) is 2.32. The molecule has 0 amide bonds. The van der Waals surface area contributed by atoms with Crippen LogP contribution in [-0.2, 0) is 0 Å². The van der Waals surface area contributed by atoms with Crippen LogP contribution in [0.25, 0.3) is 0 Å². The van der Waals surface area contributed by atoms with E-state index in [9.17, 15) is 0 Å². The number of aromatic nitrogens is 1. The Balaban J connectivity index is 2.65. The van der Waals surface area contributed by atoms with Crippen molar-refractivity contribution in [3.63, 3.8) is 0 Å². The molecule has 1 aromatic rings. The van der Waals surface area contributed by atoms with Crippen molar-refractivity contribution in [2.45, 2.75) is 39.2 Å². The molecule has 0 aliphatic rings. The number of pyridine rings is 1. The molecule has 0 saturated carbocycles. The summed E-state index contributed by atoms with van der Waals surface area (Å²) in [5.41, 5.74) is 8.29. The summed E-state index contributed by atoms with van der Waals surface area (Å²) in [4.78, 5) is 4.23. The summed E-state index contributed by atoms with van der Waals surface area (Å²) in [6.45, 7) is 4.20. The molecule has 1 atom stereocenters. The van der Waals surface area contributed by atoms with Crippen molar-refractivity contribution >= 4 is 0 Å². The third kappa shape index (κ3) is 2.81.